The van der Waals surface area contributed by atoms with E-state index in [9.17, 15) is 9.59 Å². The van der Waals surface area contributed by atoms with Gasteiger partial charge >= 0.3 is 12.0 Å². The molecule has 0 aromatic heterocycles. The van der Waals surface area contributed by atoms with Gasteiger partial charge in [-0.15, -0.1) is 0 Å². The predicted molar refractivity (Wildman–Crippen MR) is 56.9 cm³/mol. The van der Waals surface area contributed by atoms with Gasteiger partial charge in [0.25, 0.3) is 0 Å². The first-order valence-electron chi connectivity index (χ1n) is 4.65. The van der Waals surface area contributed by atoms with Crippen molar-refractivity contribution in [3.8, 4) is 0 Å². The fraction of sp³-hybridized carbons (Fsp3) is 0.200. The van der Waals surface area contributed by atoms with Crippen LogP contribution in [0.5, 0.6) is 0 Å². The van der Waals surface area contributed by atoms with Gasteiger partial charge in [-0.3, -0.25) is 0 Å². The largest absolute Gasteiger partial charge is 0.349 e. The highest BCUT2D eigenvalue weighted by Crippen LogP contribution is 2.02. The van der Waals surface area contributed by atoms with E-state index in [0.29, 0.717) is 6.42 Å². The van der Waals surface area contributed by atoms with Crippen molar-refractivity contribution in [2.75, 3.05) is 0 Å². The number of rotatable bonds is 3. The first-order valence-corrected chi connectivity index (χ1v) is 4.65. The third-order valence-electron chi connectivity index (χ3n) is 1.85. The van der Waals surface area contributed by atoms with Gasteiger partial charge in [0.15, 0.2) is 0 Å². The monoisotopic (exact) mass is 223 g/mol. The Labute approximate surface area is 92.5 Å². The maximum absolute atomic E-state index is 11.2. The zero-order valence-electron chi connectivity index (χ0n) is 8.55. The standard InChI is InChI=1S/C10H13N3O3/c11-8(9(14)16-13-10(12)15)6-7-4-2-1-3-5-7/h1-5,8H,6,11H2,(H3,12,13,15)/t8-/m0/s1. The van der Waals surface area contributed by atoms with E-state index in [0.717, 1.165) is 5.56 Å². The minimum absolute atomic E-state index is 0.333. The summed E-state index contributed by atoms with van der Waals surface area (Å²) in [4.78, 5) is 25.9. The summed E-state index contributed by atoms with van der Waals surface area (Å²) in [5.74, 6) is -0.734. The number of nitrogens with one attached hydrogen (secondary N) is 1. The highest BCUT2D eigenvalue weighted by molar-refractivity contribution is 5.78. The molecule has 0 saturated heterocycles. The normalized spacial score (nSPS) is 11.6. The molecule has 0 aliphatic rings. The lowest BCUT2D eigenvalue weighted by molar-refractivity contribution is -0.150. The number of nitrogens with two attached hydrogens (primary N) is 2. The third-order valence-corrected chi connectivity index (χ3v) is 1.85. The molecule has 1 aromatic rings. The van der Waals surface area contributed by atoms with Crippen LogP contribution in [0.2, 0.25) is 0 Å². The molecule has 0 bridgehead atoms. The summed E-state index contributed by atoms with van der Waals surface area (Å²) in [6.45, 7) is 0. The number of hydrogen-bond acceptors (Lipinski definition) is 4. The van der Waals surface area contributed by atoms with Gasteiger partial charge in [-0.25, -0.2) is 9.59 Å². The van der Waals surface area contributed by atoms with E-state index in [2.05, 4.69) is 4.84 Å². The Balaban J connectivity index is 2.43. The lowest BCUT2D eigenvalue weighted by Crippen LogP contribution is -2.40. The number of benzene rings is 1. The van der Waals surface area contributed by atoms with Gasteiger partial charge in [0.1, 0.15) is 6.04 Å². The quantitative estimate of drug-likeness (QED) is 0.610. The summed E-state index contributed by atoms with van der Waals surface area (Å²) in [6, 6.07) is 7.45. The van der Waals surface area contributed by atoms with Crippen molar-refractivity contribution in [3.63, 3.8) is 0 Å². The van der Waals surface area contributed by atoms with Crippen LogP contribution in [-0.2, 0) is 16.1 Å². The van der Waals surface area contributed by atoms with Crippen molar-refractivity contribution in [3.05, 3.63) is 35.9 Å². The van der Waals surface area contributed by atoms with Crippen molar-refractivity contribution in [1.29, 1.82) is 0 Å². The average Bonchev–Trinajstić information content (AvgIpc) is 2.27. The minimum Gasteiger partial charge on any atom is -0.349 e. The van der Waals surface area contributed by atoms with Crippen LogP contribution in [0.25, 0.3) is 0 Å². The van der Waals surface area contributed by atoms with Gasteiger partial charge in [-0.1, -0.05) is 30.3 Å². The van der Waals surface area contributed by atoms with Crippen LogP contribution < -0.4 is 16.9 Å². The van der Waals surface area contributed by atoms with Gasteiger partial charge in [0.2, 0.25) is 0 Å². The molecule has 0 fully saturated rings. The molecule has 2 amide bonds. The second-order valence-corrected chi connectivity index (χ2v) is 3.18. The van der Waals surface area contributed by atoms with Crippen molar-refractivity contribution in [2.45, 2.75) is 12.5 Å². The van der Waals surface area contributed by atoms with Crippen molar-refractivity contribution >= 4 is 12.0 Å². The maximum Gasteiger partial charge on any atom is 0.349 e. The zero-order chi connectivity index (χ0) is 12.0. The SMILES string of the molecule is NC(=O)NOC(=O)[C@@H](N)Cc1ccccc1. The van der Waals surface area contributed by atoms with Gasteiger partial charge in [-0.2, -0.15) is 5.48 Å². The lowest BCUT2D eigenvalue weighted by Gasteiger charge is -2.10. The Kier molecular flexibility index (Phi) is 4.28. The molecule has 1 atom stereocenters. The smallest absolute Gasteiger partial charge is 0.349 e. The van der Waals surface area contributed by atoms with E-state index in [1.807, 2.05) is 30.3 Å². The summed E-state index contributed by atoms with van der Waals surface area (Å²) in [7, 11) is 0. The Morgan fingerprint density at radius 3 is 2.50 bits per heavy atom. The fourth-order valence-electron chi connectivity index (χ4n) is 1.13. The van der Waals surface area contributed by atoms with Crippen LogP contribution in [-0.4, -0.2) is 18.0 Å². The zero-order valence-corrected chi connectivity index (χ0v) is 8.55. The summed E-state index contributed by atoms with van der Waals surface area (Å²) in [6.07, 6.45) is 0.333. The highest BCUT2D eigenvalue weighted by Gasteiger charge is 2.16. The summed E-state index contributed by atoms with van der Waals surface area (Å²) >= 11 is 0. The van der Waals surface area contributed by atoms with Gasteiger partial charge < -0.3 is 16.3 Å². The topological polar surface area (TPSA) is 107 Å². The molecule has 1 rings (SSSR count). The van der Waals surface area contributed by atoms with Crippen LogP contribution in [0.3, 0.4) is 0 Å². The first-order chi connectivity index (χ1) is 7.59. The van der Waals surface area contributed by atoms with E-state index in [-0.39, 0.29) is 0 Å². The molecular weight excluding hydrogens is 210 g/mol. The van der Waals surface area contributed by atoms with Crippen LogP contribution in [0.15, 0.2) is 30.3 Å². The predicted octanol–water partition coefficient (Wildman–Crippen LogP) is -0.317. The Morgan fingerprint density at radius 2 is 1.94 bits per heavy atom. The summed E-state index contributed by atoms with van der Waals surface area (Å²) in [5, 5.41) is 0. The van der Waals surface area contributed by atoms with E-state index >= 15 is 0 Å². The summed E-state index contributed by atoms with van der Waals surface area (Å²) < 4.78 is 0. The van der Waals surface area contributed by atoms with Crippen LogP contribution in [0.4, 0.5) is 4.79 Å². The molecule has 0 aliphatic heterocycles. The third kappa shape index (κ3) is 3.97. The van der Waals surface area contributed by atoms with Crippen molar-refractivity contribution in [1.82, 2.24) is 5.48 Å². The molecule has 0 aliphatic carbocycles. The Bertz CT molecular complexity index is 367. The molecule has 6 heteroatoms. The maximum atomic E-state index is 11.2. The van der Waals surface area contributed by atoms with Crippen molar-refractivity contribution in [2.24, 2.45) is 11.5 Å². The molecule has 0 spiro atoms. The number of hydroxylamine groups is 1. The number of primary amides is 1. The van der Waals surface area contributed by atoms with E-state index < -0.39 is 18.0 Å². The van der Waals surface area contributed by atoms with E-state index in [1.54, 1.807) is 5.48 Å². The molecule has 0 radical (unpaired) electrons. The van der Waals surface area contributed by atoms with Gasteiger partial charge in [0, 0.05) is 0 Å². The second-order valence-electron chi connectivity index (χ2n) is 3.18. The first kappa shape index (κ1) is 12.0. The highest BCUT2D eigenvalue weighted by atomic mass is 16.7. The van der Waals surface area contributed by atoms with Gasteiger partial charge in [-0.05, 0) is 12.0 Å². The fourth-order valence-corrected chi connectivity index (χ4v) is 1.13. The number of carbonyl (C=O) groups excluding carboxylic acids is 2. The molecule has 1 aromatic carbocycles. The molecular formula is C10H13N3O3. The summed E-state index contributed by atoms with van der Waals surface area (Å²) in [5.41, 5.74) is 12.9. The number of carbonyl (C=O) groups is 2. The number of urea groups is 1. The molecule has 0 heterocycles. The molecule has 86 valence electrons. The molecule has 16 heavy (non-hydrogen) atoms. The molecule has 5 N–H and O–H groups in total. The number of amides is 2. The number of hydrogen-bond donors (Lipinski definition) is 3. The Morgan fingerprint density at radius 1 is 1.31 bits per heavy atom. The second kappa shape index (κ2) is 5.72. The van der Waals surface area contributed by atoms with Crippen molar-refractivity contribution < 1.29 is 14.4 Å². The van der Waals surface area contributed by atoms with Crippen LogP contribution >= 0.6 is 0 Å². The molecule has 6 nitrogen and oxygen atoms in total. The average molecular weight is 223 g/mol. The van der Waals surface area contributed by atoms with E-state index in [1.165, 1.54) is 0 Å². The van der Waals surface area contributed by atoms with Gasteiger partial charge in [0.05, 0.1) is 0 Å². The van der Waals surface area contributed by atoms with Crippen LogP contribution in [0.1, 0.15) is 5.56 Å². The molecule has 0 unspecified atom stereocenters. The Hall–Kier alpha value is -2.08. The lowest BCUT2D eigenvalue weighted by atomic mass is 10.1. The van der Waals surface area contributed by atoms with Crippen LogP contribution in [0, 0.1) is 0 Å². The molecule has 0 saturated carbocycles. The minimum atomic E-state index is -0.944. The van der Waals surface area contributed by atoms with E-state index in [4.69, 9.17) is 11.5 Å².